The zero-order valence-corrected chi connectivity index (χ0v) is 16.5. The number of anilines is 1. The number of rotatable bonds is 5. The molecule has 0 radical (unpaired) electrons. The molecule has 3 rings (SSSR count). The second-order valence-corrected chi connectivity index (χ2v) is 7.07. The minimum Gasteiger partial charge on any atom is -0.423 e. The number of amides is 1. The molecule has 1 atom stereocenters. The van der Waals surface area contributed by atoms with E-state index in [1.807, 2.05) is 37.3 Å². The van der Waals surface area contributed by atoms with Crippen LogP contribution >= 0.6 is 23.2 Å². The summed E-state index contributed by atoms with van der Waals surface area (Å²) >= 11 is 11.8. The summed E-state index contributed by atoms with van der Waals surface area (Å²) in [7, 11) is 0. The van der Waals surface area contributed by atoms with Crippen molar-refractivity contribution in [2.24, 2.45) is 0 Å². The molecule has 0 heterocycles. The maximum absolute atomic E-state index is 12.4. The predicted molar refractivity (Wildman–Crippen MR) is 111 cm³/mol. The summed E-state index contributed by atoms with van der Waals surface area (Å²) in [6.45, 7) is 1.84. The fraction of sp³-hybridized carbons (Fsp3) is 0.0909. The number of benzene rings is 3. The largest absolute Gasteiger partial charge is 0.423 e. The Bertz CT molecular complexity index is 968. The van der Waals surface area contributed by atoms with E-state index in [1.54, 1.807) is 30.3 Å². The topological polar surface area (TPSA) is 55.4 Å². The summed E-state index contributed by atoms with van der Waals surface area (Å²) in [6, 6.07) is 20.5. The zero-order chi connectivity index (χ0) is 20.1. The number of carbonyl (C=O) groups excluding carboxylic acids is 2. The van der Waals surface area contributed by atoms with Gasteiger partial charge in [0.25, 0.3) is 0 Å². The van der Waals surface area contributed by atoms with Crippen LogP contribution in [0.15, 0.2) is 72.8 Å². The van der Waals surface area contributed by atoms with Gasteiger partial charge in [0.05, 0.1) is 11.5 Å². The Balaban J connectivity index is 1.64. The Kier molecular flexibility index (Phi) is 6.34. The minimum atomic E-state index is -0.547. The highest BCUT2D eigenvalue weighted by Gasteiger charge is 2.15. The molecule has 1 unspecified atom stereocenters. The monoisotopic (exact) mass is 413 g/mol. The van der Waals surface area contributed by atoms with Crippen molar-refractivity contribution < 1.29 is 14.3 Å². The molecule has 0 saturated carbocycles. The first kappa shape index (κ1) is 19.9. The molecule has 1 N–H and O–H groups in total. The van der Waals surface area contributed by atoms with E-state index in [0.29, 0.717) is 21.3 Å². The molecule has 4 nitrogen and oxygen atoms in total. The van der Waals surface area contributed by atoms with Crippen LogP contribution in [0.25, 0.3) is 0 Å². The van der Waals surface area contributed by atoms with Crippen molar-refractivity contribution in [2.75, 3.05) is 5.32 Å². The predicted octanol–water partition coefficient (Wildman–Crippen LogP) is 5.95. The first-order valence-corrected chi connectivity index (χ1v) is 9.32. The molecule has 3 aromatic carbocycles. The van der Waals surface area contributed by atoms with Crippen molar-refractivity contribution in [3.05, 3.63) is 94.0 Å². The molecule has 0 aliphatic heterocycles. The van der Waals surface area contributed by atoms with Crippen molar-refractivity contribution in [3.8, 4) is 5.75 Å². The molecule has 1 amide bonds. The molecule has 0 bridgehead atoms. The van der Waals surface area contributed by atoms with E-state index in [0.717, 1.165) is 5.56 Å². The van der Waals surface area contributed by atoms with Gasteiger partial charge in [-0.05, 0) is 55.0 Å². The van der Waals surface area contributed by atoms with Crippen LogP contribution in [0, 0.1) is 0 Å². The van der Waals surface area contributed by atoms with Crippen molar-refractivity contribution in [2.45, 2.75) is 12.8 Å². The molecule has 0 spiro atoms. The maximum Gasteiger partial charge on any atom is 0.343 e. The molecule has 6 heteroatoms. The highest BCUT2D eigenvalue weighted by molar-refractivity contribution is 6.34. The van der Waals surface area contributed by atoms with Gasteiger partial charge >= 0.3 is 5.97 Å². The van der Waals surface area contributed by atoms with Gasteiger partial charge in [-0.15, -0.1) is 0 Å². The van der Waals surface area contributed by atoms with Gasteiger partial charge in [0.1, 0.15) is 5.75 Å². The molecule has 28 heavy (non-hydrogen) atoms. The highest BCUT2D eigenvalue weighted by atomic mass is 35.5. The molecule has 0 aromatic heterocycles. The van der Waals surface area contributed by atoms with Crippen molar-refractivity contribution in [3.63, 3.8) is 0 Å². The van der Waals surface area contributed by atoms with Gasteiger partial charge < -0.3 is 10.1 Å². The van der Waals surface area contributed by atoms with Crippen LogP contribution in [0.2, 0.25) is 10.0 Å². The lowest BCUT2D eigenvalue weighted by molar-refractivity contribution is -0.117. The van der Waals surface area contributed by atoms with Crippen molar-refractivity contribution in [1.29, 1.82) is 0 Å². The summed E-state index contributed by atoms with van der Waals surface area (Å²) < 4.78 is 5.28. The van der Waals surface area contributed by atoms with E-state index < -0.39 is 5.97 Å². The highest BCUT2D eigenvalue weighted by Crippen LogP contribution is 2.25. The second kappa shape index (κ2) is 8.91. The van der Waals surface area contributed by atoms with E-state index in [4.69, 9.17) is 27.9 Å². The zero-order valence-electron chi connectivity index (χ0n) is 15.0. The fourth-order valence-electron chi connectivity index (χ4n) is 2.59. The van der Waals surface area contributed by atoms with Gasteiger partial charge in [-0.1, -0.05) is 53.5 Å². The number of carbonyl (C=O) groups is 2. The molecular weight excluding hydrogens is 397 g/mol. The summed E-state index contributed by atoms with van der Waals surface area (Å²) in [5.74, 6) is -0.709. The van der Waals surface area contributed by atoms with Crippen LogP contribution in [-0.2, 0) is 4.79 Å². The Morgan fingerprint density at radius 3 is 2.11 bits per heavy atom. The molecule has 0 aliphatic carbocycles. The van der Waals surface area contributed by atoms with Crippen LogP contribution < -0.4 is 10.1 Å². The third-order valence-corrected chi connectivity index (χ3v) is 4.56. The number of hydrogen-bond donors (Lipinski definition) is 1. The third-order valence-electron chi connectivity index (χ3n) is 4.13. The molecular formula is C22H17Cl2NO3. The first-order valence-electron chi connectivity index (χ1n) is 8.56. The van der Waals surface area contributed by atoms with Crippen molar-refractivity contribution in [1.82, 2.24) is 0 Å². The number of ether oxygens (including phenoxy) is 1. The lowest BCUT2D eigenvalue weighted by atomic mass is 10.0. The van der Waals surface area contributed by atoms with E-state index >= 15 is 0 Å². The van der Waals surface area contributed by atoms with Crippen LogP contribution in [-0.4, -0.2) is 11.9 Å². The normalized spacial score (nSPS) is 11.5. The van der Waals surface area contributed by atoms with Gasteiger partial charge in [0.15, 0.2) is 0 Å². The van der Waals surface area contributed by atoms with Crippen LogP contribution in [0.5, 0.6) is 5.75 Å². The first-order chi connectivity index (χ1) is 13.4. The van der Waals surface area contributed by atoms with Crippen LogP contribution in [0.4, 0.5) is 5.69 Å². The lowest BCUT2D eigenvalue weighted by Crippen LogP contribution is -2.19. The fourth-order valence-corrected chi connectivity index (χ4v) is 3.09. The number of nitrogens with one attached hydrogen (secondary N) is 1. The number of esters is 1. The Morgan fingerprint density at radius 1 is 0.893 bits per heavy atom. The summed E-state index contributed by atoms with van der Waals surface area (Å²) in [6.07, 6.45) is 0. The summed E-state index contributed by atoms with van der Waals surface area (Å²) in [4.78, 5) is 24.7. The van der Waals surface area contributed by atoms with E-state index in [1.165, 1.54) is 12.1 Å². The lowest BCUT2D eigenvalue weighted by Gasteiger charge is -2.13. The smallest absolute Gasteiger partial charge is 0.343 e. The van der Waals surface area contributed by atoms with E-state index in [2.05, 4.69) is 5.32 Å². The summed E-state index contributed by atoms with van der Waals surface area (Å²) in [5.41, 5.74) is 1.86. The molecule has 0 aliphatic rings. The molecule has 3 aromatic rings. The standard InChI is InChI=1S/C22H17Cl2NO3/c1-14(15-5-3-2-4-6-15)21(26)25-19-9-7-16(8-10-19)22(27)28-20-12-17(23)11-18(24)13-20/h2-14H,1H3,(H,25,26). The van der Waals surface area contributed by atoms with E-state index in [-0.39, 0.29) is 17.6 Å². The summed E-state index contributed by atoms with van der Waals surface area (Å²) in [5, 5.41) is 3.60. The average molecular weight is 414 g/mol. The van der Waals surface area contributed by atoms with Gasteiger partial charge in [-0.3, -0.25) is 4.79 Å². The molecule has 0 fully saturated rings. The number of hydrogen-bond acceptors (Lipinski definition) is 3. The molecule has 142 valence electrons. The SMILES string of the molecule is CC(C(=O)Nc1ccc(C(=O)Oc2cc(Cl)cc(Cl)c2)cc1)c1ccccc1. The van der Waals surface area contributed by atoms with Crippen LogP contribution in [0.3, 0.4) is 0 Å². The minimum absolute atomic E-state index is 0.130. The number of halogens is 2. The van der Waals surface area contributed by atoms with Crippen molar-refractivity contribution >= 4 is 40.8 Å². The molecule has 0 saturated heterocycles. The van der Waals surface area contributed by atoms with E-state index in [9.17, 15) is 9.59 Å². The van der Waals surface area contributed by atoms with Gasteiger partial charge in [0, 0.05) is 15.7 Å². The van der Waals surface area contributed by atoms with Gasteiger partial charge in [-0.2, -0.15) is 0 Å². The maximum atomic E-state index is 12.4. The quantitative estimate of drug-likeness (QED) is 0.414. The Morgan fingerprint density at radius 2 is 1.50 bits per heavy atom. The Labute approximate surface area is 173 Å². The van der Waals surface area contributed by atoms with Gasteiger partial charge in [-0.25, -0.2) is 4.79 Å². The van der Waals surface area contributed by atoms with Gasteiger partial charge in [0.2, 0.25) is 5.91 Å². The van der Waals surface area contributed by atoms with Crippen LogP contribution in [0.1, 0.15) is 28.8 Å². The third kappa shape index (κ3) is 5.12. The average Bonchev–Trinajstić information content (AvgIpc) is 2.67. The second-order valence-electron chi connectivity index (χ2n) is 6.19. The Hall–Kier alpha value is -2.82.